The summed E-state index contributed by atoms with van der Waals surface area (Å²) in [6, 6.07) is 10.2. The zero-order chi connectivity index (χ0) is 17.7. The third kappa shape index (κ3) is 4.86. The summed E-state index contributed by atoms with van der Waals surface area (Å²) in [6.07, 6.45) is 4.28. The standard InChI is InChI=1S/C18H25N3O2S2/c1-2-3-12-25(22,23)21-11-7-10-16(14-21)18-20-19-17(24-18)13-15-8-5-4-6-9-15/h4-6,8-9,16H,2-3,7,10-14H2,1H3/t16-/m0/s1. The zero-order valence-electron chi connectivity index (χ0n) is 14.6. The van der Waals surface area contributed by atoms with Crippen LogP contribution in [0.4, 0.5) is 0 Å². The average Bonchev–Trinajstić information content (AvgIpc) is 3.09. The summed E-state index contributed by atoms with van der Waals surface area (Å²) in [5, 5.41) is 10.7. The van der Waals surface area contributed by atoms with E-state index in [-0.39, 0.29) is 11.7 Å². The zero-order valence-corrected chi connectivity index (χ0v) is 16.2. The number of hydrogen-bond acceptors (Lipinski definition) is 5. The fourth-order valence-electron chi connectivity index (χ4n) is 3.13. The van der Waals surface area contributed by atoms with E-state index in [0.717, 1.165) is 42.1 Å². The van der Waals surface area contributed by atoms with Crippen LogP contribution in [0, 0.1) is 0 Å². The van der Waals surface area contributed by atoms with Gasteiger partial charge in [0.1, 0.15) is 10.0 Å². The first-order chi connectivity index (χ1) is 12.1. The second-order valence-electron chi connectivity index (χ2n) is 6.56. The van der Waals surface area contributed by atoms with E-state index in [4.69, 9.17) is 0 Å². The minimum atomic E-state index is -3.14. The fourth-order valence-corrected chi connectivity index (χ4v) is 5.85. The van der Waals surface area contributed by atoms with E-state index < -0.39 is 10.0 Å². The molecule has 0 amide bonds. The minimum absolute atomic E-state index is 0.173. The molecule has 2 heterocycles. The maximum absolute atomic E-state index is 12.5. The van der Waals surface area contributed by atoms with E-state index in [2.05, 4.69) is 22.3 Å². The molecule has 0 N–H and O–H groups in total. The van der Waals surface area contributed by atoms with Gasteiger partial charge in [-0.05, 0) is 24.8 Å². The molecule has 1 aromatic heterocycles. The Hall–Kier alpha value is -1.31. The molecule has 1 aliphatic heterocycles. The summed E-state index contributed by atoms with van der Waals surface area (Å²) in [4.78, 5) is 0. The Morgan fingerprint density at radius 1 is 1.24 bits per heavy atom. The lowest BCUT2D eigenvalue weighted by atomic mass is 10.0. The van der Waals surface area contributed by atoms with E-state index >= 15 is 0 Å². The molecule has 1 aromatic carbocycles. The highest BCUT2D eigenvalue weighted by molar-refractivity contribution is 7.89. The Labute approximate surface area is 154 Å². The van der Waals surface area contributed by atoms with E-state index in [9.17, 15) is 8.42 Å². The van der Waals surface area contributed by atoms with Crippen LogP contribution in [0.5, 0.6) is 0 Å². The van der Waals surface area contributed by atoms with Crippen molar-refractivity contribution in [2.75, 3.05) is 18.8 Å². The van der Waals surface area contributed by atoms with Crippen molar-refractivity contribution >= 4 is 21.4 Å². The van der Waals surface area contributed by atoms with Gasteiger partial charge in [-0.1, -0.05) is 43.7 Å². The van der Waals surface area contributed by atoms with Gasteiger partial charge in [0.15, 0.2) is 0 Å². The van der Waals surface area contributed by atoms with Crippen molar-refractivity contribution < 1.29 is 8.42 Å². The van der Waals surface area contributed by atoms with Crippen LogP contribution in [0.1, 0.15) is 54.1 Å². The van der Waals surface area contributed by atoms with E-state index in [1.54, 1.807) is 15.6 Å². The molecule has 25 heavy (non-hydrogen) atoms. The number of sulfonamides is 1. The fraction of sp³-hybridized carbons (Fsp3) is 0.556. The Morgan fingerprint density at radius 2 is 2.04 bits per heavy atom. The monoisotopic (exact) mass is 379 g/mol. The molecule has 1 aliphatic rings. The molecule has 136 valence electrons. The molecule has 0 bridgehead atoms. The second kappa shape index (κ2) is 8.38. The highest BCUT2D eigenvalue weighted by Crippen LogP contribution is 2.31. The highest BCUT2D eigenvalue weighted by atomic mass is 32.2. The number of nitrogens with zero attached hydrogens (tertiary/aromatic N) is 3. The van der Waals surface area contributed by atoms with Crippen LogP contribution in [0.3, 0.4) is 0 Å². The first-order valence-corrected chi connectivity index (χ1v) is 11.3. The van der Waals surface area contributed by atoms with Gasteiger partial charge in [-0.2, -0.15) is 0 Å². The lowest BCUT2D eigenvalue weighted by Gasteiger charge is -2.30. The van der Waals surface area contributed by atoms with Gasteiger partial charge in [0.2, 0.25) is 10.0 Å². The van der Waals surface area contributed by atoms with Gasteiger partial charge < -0.3 is 0 Å². The van der Waals surface area contributed by atoms with Crippen LogP contribution in [-0.4, -0.2) is 41.8 Å². The Morgan fingerprint density at radius 3 is 2.80 bits per heavy atom. The molecule has 1 atom stereocenters. The summed E-state index contributed by atoms with van der Waals surface area (Å²) < 4.78 is 26.6. The average molecular weight is 380 g/mol. The predicted octanol–water partition coefficient (Wildman–Crippen LogP) is 3.44. The van der Waals surface area contributed by atoms with Crippen molar-refractivity contribution in [3.63, 3.8) is 0 Å². The Kier molecular flexibility index (Phi) is 6.19. The van der Waals surface area contributed by atoms with E-state index in [0.29, 0.717) is 13.1 Å². The first kappa shape index (κ1) is 18.5. The molecule has 7 heteroatoms. The van der Waals surface area contributed by atoms with Gasteiger partial charge in [-0.3, -0.25) is 0 Å². The number of unbranched alkanes of at least 4 members (excludes halogenated alkanes) is 1. The van der Waals surface area contributed by atoms with Crippen LogP contribution in [0.25, 0.3) is 0 Å². The SMILES string of the molecule is CCCCS(=O)(=O)N1CCC[C@H](c2nnc(Cc3ccccc3)s2)C1. The molecule has 0 saturated carbocycles. The summed E-state index contributed by atoms with van der Waals surface area (Å²) in [5.41, 5.74) is 1.22. The molecule has 0 unspecified atom stereocenters. The van der Waals surface area contributed by atoms with Gasteiger partial charge in [0, 0.05) is 25.4 Å². The van der Waals surface area contributed by atoms with Crippen LogP contribution in [0.2, 0.25) is 0 Å². The Bertz CT molecular complexity index is 775. The summed E-state index contributed by atoms with van der Waals surface area (Å²) in [6.45, 7) is 3.20. The van der Waals surface area contributed by atoms with Crippen LogP contribution in [0.15, 0.2) is 30.3 Å². The molecule has 1 saturated heterocycles. The minimum Gasteiger partial charge on any atom is -0.212 e. The van der Waals surface area contributed by atoms with Gasteiger partial charge >= 0.3 is 0 Å². The topological polar surface area (TPSA) is 63.2 Å². The summed E-state index contributed by atoms with van der Waals surface area (Å²) in [5.74, 6) is 0.429. The van der Waals surface area contributed by atoms with Gasteiger partial charge in [0.05, 0.1) is 5.75 Å². The van der Waals surface area contributed by atoms with Crippen molar-refractivity contribution in [2.45, 2.75) is 44.9 Å². The van der Waals surface area contributed by atoms with E-state index in [1.165, 1.54) is 5.56 Å². The highest BCUT2D eigenvalue weighted by Gasteiger charge is 2.30. The van der Waals surface area contributed by atoms with Gasteiger partial charge in [0.25, 0.3) is 0 Å². The molecular weight excluding hydrogens is 354 g/mol. The van der Waals surface area contributed by atoms with Crippen molar-refractivity contribution in [3.8, 4) is 0 Å². The normalized spacial score (nSPS) is 19.2. The molecule has 2 aromatic rings. The van der Waals surface area contributed by atoms with Gasteiger partial charge in [-0.15, -0.1) is 21.5 Å². The lowest BCUT2D eigenvalue weighted by molar-refractivity contribution is 0.314. The molecule has 5 nitrogen and oxygen atoms in total. The number of aromatic nitrogens is 2. The third-order valence-electron chi connectivity index (χ3n) is 4.56. The first-order valence-electron chi connectivity index (χ1n) is 8.92. The molecule has 0 radical (unpaired) electrons. The summed E-state index contributed by atoms with van der Waals surface area (Å²) in [7, 11) is -3.14. The molecular formula is C18H25N3O2S2. The maximum atomic E-state index is 12.5. The van der Waals surface area contributed by atoms with Gasteiger partial charge in [-0.25, -0.2) is 12.7 Å². The largest absolute Gasteiger partial charge is 0.214 e. The third-order valence-corrected chi connectivity index (χ3v) is 7.57. The molecule has 1 fully saturated rings. The molecule has 0 spiro atoms. The quantitative estimate of drug-likeness (QED) is 0.739. The lowest BCUT2D eigenvalue weighted by Crippen LogP contribution is -2.40. The van der Waals surface area contributed by atoms with Crippen molar-refractivity contribution in [1.82, 2.24) is 14.5 Å². The number of benzene rings is 1. The molecule has 0 aliphatic carbocycles. The summed E-state index contributed by atoms with van der Waals surface area (Å²) >= 11 is 1.62. The molecule has 3 rings (SSSR count). The smallest absolute Gasteiger partial charge is 0.212 e. The van der Waals surface area contributed by atoms with E-state index in [1.807, 2.05) is 25.1 Å². The van der Waals surface area contributed by atoms with Crippen LogP contribution >= 0.6 is 11.3 Å². The second-order valence-corrected chi connectivity index (χ2v) is 9.75. The Balaban J connectivity index is 1.66. The number of rotatable bonds is 7. The predicted molar refractivity (Wildman–Crippen MR) is 101 cm³/mol. The van der Waals surface area contributed by atoms with Crippen molar-refractivity contribution in [2.24, 2.45) is 0 Å². The number of piperidine rings is 1. The van der Waals surface area contributed by atoms with Crippen molar-refractivity contribution in [1.29, 1.82) is 0 Å². The van der Waals surface area contributed by atoms with Crippen LogP contribution < -0.4 is 0 Å². The maximum Gasteiger partial charge on any atom is 0.214 e. The van der Waals surface area contributed by atoms with Crippen LogP contribution in [-0.2, 0) is 16.4 Å². The van der Waals surface area contributed by atoms with Crippen molar-refractivity contribution in [3.05, 3.63) is 45.9 Å². The number of hydrogen-bond donors (Lipinski definition) is 0.